The third-order valence-electron chi connectivity index (χ3n) is 4.09. The lowest BCUT2D eigenvalue weighted by Gasteiger charge is -2.17. The Morgan fingerprint density at radius 2 is 2.05 bits per heavy atom. The molecular weight excluding hydrogens is 282 g/mol. The summed E-state index contributed by atoms with van der Waals surface area (Å²) in [5.74, 6) is 0.986. The van der Waals surface area contributed by atoms with E-state index in [-0.39, 0.29) is 6.04 Å². The molecule has 0 saturated heterocycles. The number of hydrogen-bond donors (Lipinski definition) is 1. The standard InChI is InChI=1S/C18H20ClNO/c1-11-3-4-16(12(2)7-11)17(20)10-14-9-15(19)8-13-5-6-21-18(13)14/h3-4,7-9,17H,5-6,10,20H2,1-2H3. The maximum atomic E-state index is 6.42. The molecule has 0 saturated carbocycles. The molecule has 1 aliphatic heterocycles. The van der Waals surface area contributed by atoms with Crippen LogP contribution in [0.2, 0.25) is 5.02 Å². The van der Waals surface area contributed by atoms with Gasteiger partial charge in [0.2, 0.25) is 0 Å². The van der Waals surface area contributed by atoms with Crippen molar-refractivity contribution in [3.8, 4) is 5.75 Å². The van der Waals surface area contributed by atoms with Crippen molar-refractivity contribution in [2.45, 2.75) is 32.7 Å². The summed E-state index contributed by atoms with van der Waals surface area (Å²) in [6.07, 6.45) is 1.68. The van der Waals surface area contributed by atoms with E-state index < -0.39 is 0 Å². The van der Waals surface area contributed by atoms with Gasteiger partial charge in [-0.2, -0.15) is 0 Å². The molecule has 21 heavy (non-hydrogen) atoms. The van der Waals surface area contributed by atoms with Gasteiger partial charge in [0.25, 0.3) is 0 Å². The van der Waals surface area contributed by atoms with Crippen molar-refractivity contribution in [3.63, 3.8) is 0 Å². The van der Waals surface area contributed by atoms with Crippen molar-refractivity contribution in [2.24, 2.45) is 5.73 Å². The minimum atomic E-state index is -0.0441. The van der Waals surface area contributed by atoms with Crippen molar-refractivity contribution in [2.75, 3.05) is 6.61 Å². The van der Waals surface area contributed by atoms with E-state index in [4.69, 9.17) is 22.1 Å². The average Bonchev–Trinajstić information content (AvgIpc) is 2.86. The molecule has 0 spiro atoms. The maximum Gasteiger partial charge on any atom is 0.125 e. The maximum absolute atomic E-state index is 6.42. The largest absolute Gasteiger partial charge is 0.493 e. The molecule has 1 unspecified atom stereocenters. The molecule has 0 amide bonds. The second-order valence-electron chi connectivity index (χ2n) is 5.82. The second-order valence-corrected chi connectivity index (χ2v) is 6.26. The first-order chi connectivity index (χ1) is 10.0. The molecule has 2 aromatic carbocycles. The summed E-state index contributed by atoms with van der Waals surface area (Å²) < 4.78 is 5.76. The van der Waals surface area contributed by atoms with Crippen LogP contribution in [-0.2, 0) is 12.8 Å². The smallest absolute Gasteiger partial charge is 0.125 e. The van der Waals surface area contributed by atoms with Gasteiger partial charge in [0.15, 0.2) is 0 Å². The van der Waals surface area contributed by atoms with Crippen LogP contribution in [0.5, 0.6) is 5.75 Å². The van der Waals surface area contributed by atoms with Gasteiger partial charge in [0.1, 0.15) is 5.75 Å². The van der Waals surface area contributed by atoms with Crippen LogP contribution in [0.1, 0.15) is 33.9 Å². The van der Waals surface area contributed by atoms with Crippen LogP contribution in [0.4, 0.5) is 0 Å². The third kappa shape index (κ3) is 2.92. The van der Waals surface area contributed by atoms with Gasteiger partial charge in [0, 0.05) is 17.5 Å². The first kappa shape index (κ1) is 14.4. The second kappa shape index (κ2) is 5.70. The number of aryl methyl sites for hydroxylation is 2. The summed E-state index contributed by atoms with van der Waals surface area (Å²) >= 11 is 6.21. The van der Waals surface area contributed by atoms with Crippen LogP contribution in [0, 0.1) is 13.8 Å². The molecule has 2 nitrogen and oxygen atoms in total. The van der Waals surface area contributed by atoms with Crippen molar-refractivity contribution < 1.29 is 4.74 Å². The monoisotopic (exact) mass is 301 g/mol. The van der Waals surface area contributed by atoms with Crippen LogP contribution in [0.15, 0.2) is 30.3 Å². The predicted octanol–water partition coefficient (Wildman–Crippen LogP) is 4.13. The Hall–Kier alpha value is -1.51. The van der Waals surface area contributed by atoms with Gasteiger partial charge in [-0.3, -0.25) is 0 Å². The van der Waals surface area contributed by atoms with E-state index in [1.165, 1.54) is 22.3 Å². The summed E-state index contributed by atoms with van der Waals surface area (Å²) in [7, 11) is 0. The Bertz CT molecular complexity index is 681. The summed E-state index contributed by atoms with van der Waals surface area (Å²) in [4.78, 5) is 0. The number of ether oxygens (including phenoxy) is 1. The van der Waals surface area contributed by atoms with Crippen LogP contribution < -0.4 is 10.5 Å². The van der Waals surface area contributed by atoms with E-state index in [2.05, 4.69) is 32.0 Å². The Morgan fingerprint density at radius 3 is 2.81 bits per heavy atom. The van der Waals surface area contributed by atoms with E-state index in [1.807, 2.05) is 12.1 Å². The molecule has 0 bridgehead atoms. The number of rotatable bonds is 3. The SMILES string of the molecule is Cc1ccc(C(N)Cc2cc(Cl)cc3c2OCC3)c(C)c1. The van der Waals surface area contributed by atoms with Crippen LogP contribution in [-0.4, -0.2) is 6.61 Å². The Labute approximate surface area is 130 Å². The Kier molecular flexibility index (Phi) is 3.92. The van der Waals surface area contributed by atoms with Crippen molar-refractivity contribution in [1.29, 1.82) is 0 Å². The average molecular weight is 302 g/mol. The van der Waals surface area contributed by atoms with E-state index in [0.717, 1.165) is 35.8 Å². The molecule has 0 fully saturated rings. The first-order valence-electron chi connectivity index (χ1n) is 7.31. The van der Waals surface area contributed by atoms with E-state index >= 15 is 0 Å². The van der Waals surface area contributed by atoms with E-state index in [1.54, 1.807) is 0 Å². The highest BCUT2D eigenvalue weighted by Gasteiger charge is 2.20. The molecule has 2 aromatic rings. The molecule has 0 aliphatic carbocycles. The number of nitrogens with two attached hydrogens (primary N) is 1. The molecule has 0 radical (unpaired) electrons. The summed E-state index contributed by atoms with van der Waals surface area (Å²) in [6, 6.07) is 10.3. The van der Waals surface area contributed by atoms with Gasteiger partial charge in [-0.15, -0.1) is 0 Å². The van der Waals surface area contributed by atoms with Crippen LogP contribution in [0.25, 0.3) is 0 Å². The normalized spacial score (nSPS) is 14.7. The minimum absolute atomic E-state index is 0.0441. The number of halogens is 1. The fourth-order valence-electron chi connectivity index (χ4n) is 3.09. The Balaban J connectivity index is 1.90. The lowest BCUT2D eigenvalue weighted by molar-refractivity contribution is 0.352. The number of benzene rings is 2. The molecule has 0 aromatic heterocycles. The summed E-state index contributed by atoms with van der Waals surface area (Å²) in [6.45, 7) is 4.95. The van der Waals surface area contributed by atoms with Crippen molar-refractivity contribution in [3.05, 3.63) is 63.2 Å². The Morgan fingerprint density at radius 1 is 1.24 bits per heavy atom. The van der Waals surface area contributed by atoms with Gasteiger partial charge >= 0.3 is 0 Å². The summed E-state index contributed by atoms with van der Waals surface area (Å²) in [5, 5.41) is 0.766. The fraction of sp³-hybridized carbons (Fsp3) is 0.333. The zero-order valence-electron chi connectivity index (χ0n) is 12.4. The highest BCUT2D eigenvalue weighted by Crippen LogP contribution is 2.35. The molecule has 2 N–H and O–H groups in total. The van der Waals surface area contributed by atoms with Crippen molar-refractivity contribution >= 4 is 11.6 Å². The minimum Gasteiger partial charge on any atom is -0.493 e. The first-order valence-corrected chi connectivity index (χ1v) is 7.69. The van der Waals surface area contributed by atoms with Gasteiger partial charge < -0.3 is 10.5 Å². The molecule has 1 atom stereocenters. The molecular formula is C18H20ClNO. The van der Waals surface area contributed by atoms with Gasteiger partial charge in [0.05, 0.1) is 6.61 Å². The van der Waals surface area contributed by atoms with Gasteiger partial charge in [-0.05, 0) is 54.7 Å². The highest BCUT2D eigenvalue weighted by atomic mass is 35.5. The fourth-order valence-corrected chi connectivity index (χ4v) is 3.35. The van der Waals surface area contributed by atoms with Gasteiger partial charge in [-0.25, -0.2) is 0 Å². The zero-order valence-corrected chi connectivity index (χ0v) is 13.2. The molecule has 110 valence electrons. The third-order valence-corrected chi connectivity index (χ3v) is 4.31. The lowest BCUT2D eigenvalue weighted by atomic mass is 9.94. The van der Waals surface area contributed by atoms with E-state index in [0.29, 0.717) is 0 Å². The highest BCUT2D eigenvalue weighted by molar-refractivity contribution is 6.30. The molecule has 3 heteroatoms. The van der Waals surface area contributed by atoms with E-state index in [9.17, 15) is 0 Å². The number of fused-ring (bicyclic) bond motifs is 1. The predicted molar refractivity (Wildman–Crippen MR) is 87.2 cm³/mol. The quantitative estimate of drug-likeness (QED) is 0.925. The zero-order chi connectivity index (χ0) is 15.0. The summed E-state index contributed by atoms with van der Waals surface area (Å²) in [5.41, 5.74) is 12.4. The molecule has 1 heterocycles. The molecule has 3 rings (SSSR count). The molecule has 1 aliphatic rings. The van der Waals surface area contributed by atoms with Crippen LogP contribution in [0.3, 0.4) is 0 Å². The topological polar surface area (TPSA) is 35.2 Å². The number of hydrogen-bond acceptors (Lipinski definition) is 2. The lowest BCUT2D eigenvalue weighted by Crippen LogP contribution is -2.15. The van der Waals surface area contributed by atoms with Gasteiger partial charge in [-0.1, -0.05) is 35.4 Å². The van der Waals surface area contributed by atoms with Crippen LogP contribution >= 0.6 is 11.6 Å². The van der Waals surface area contributed by atoms with Crippen molar-refractivity contribution in [1.82, 2.24) is 0 Å².